The number of nitrogens with one attached hydrogen (secondary N) is 2. The monoisotopic (exact) mass is 398 g/mol. The van der Waals surface area contributed by atoms with Crippen LogP contribution in [0.1, 0.15) is 56.4 Å². The molecule has 0 amide bonds. The number of imidazole rings is 2. The Kier molecular flexibility index (Phi) is 5.58. The van der Waals surface area contributed by atoms with Crippen LogP contribution in [-0.2, 0) is 12.8 Å². The van der Waals surface area contributed by atoms with Gasteiger partial charge >= 0.3 is 0 Å². The van der Waals surface area contributed by atoms with Crippen LogP contribution in [0, 0.1) is 6.92 Å². The lowest BCUT2D eigenvalue weighted by molar-refractivity contribution is 0.795. The molecule has 30 heavy (non-hydrogen) atoms. The molecule has 0 atom stereocenters. The largest absolute Gasteiger partial charge is 0.342 e. The summed E-state index contributed by atoms with van der Waals surface area (Å²) in [6, 6.07) is 13.5. The van der Waals surface area contributed by atoms with Gasteiger partial charge in [0.1, 0.15) is 11.6 Å². The highest BCUT2D eigenvalue weighted by Gasteiger charge is 2.18. The second-order valence-electron chi connectivity index (χ2n) is 7.96. The molecular formula is C26H30N4. The van der Waals surface area contributed by atoms with Crippen molar-refractivity contribution >= 4 is 0 Å². The van der Waals surface area contributed by atoms with Gasteiger partial charge in [0.05, 0.1) is 23.8 Å². The van der Waals surface area contributed by atoms with E-state index in [4.69, 9.17) is 0 Å². The number of H-pyrrole nitrogens is 2. The Balaban J connectivity index is 0.00000106. The molecule has 0 radical (unpaired) electrons. The topological polar surface area (TPSA) is 57.4 Å². The van der Waals surface area contributed by atoms with E-state index in [1.54, 1.807) is 0 Å². The number of aromatic amines is 2. The van der Waals surface area contributed by atoms with Gasteiger partial charge < -0.3 is 9.97 Å². The number of nitrogens with zero attached hydrogens (tertiary/aromatic N) is 2. The van der Waals surface area contributed by atoms with E-state index in [2.05, 4.69) is 70.2 Å². The normalized spacial score (nSPS) is 12.2. The Bertz CT molecular complexity index is 1160. The first-order valence-electron chi connectivity index (χ1n) is 10.9. The van der Waals surface area contributed by atoms with Gasteiger partial charge in [-0.2, -0.15) is 0 Å². The molecule has 154 valence electrons. The minimum absolute atomic E-state index is 0.408. The molecule has 0 spiro atoms. The molecule has 0 unspecified atom stereocenters. The molecule has 0 fully saturated rings. The first-order valence-corrected chi connectivity index (χ1v) is 10.9. The van der Waals surface area contributed by atoms with Crippen LogP contribution < -0.4 is 0 Å². The van der Waals surface area contributed by atoms with Crippen molar-refractivity contribution in [2.24, 2.45) is 0 Å². The van der Waals surface area contributed by atoms with E-state index in [1.807, 2.05) is 33.2 Å². The Hall–Kier alpha value is -3.14. The summed E-state index contributed by atoms with van der Waals surface area (Å²) in [7, 11) is 0. The fourth-order valence-electron chi connectivity index (χ4n) is 4.08. The summed E-state index contributed by atoms with van der Waals surface area (Å²) in [5, 5.41) is 0. The van der Waals surface area contributed by atoms with Crippen molar-refractivity contribution in [3.8, 4) is 33.6 Å². The number of fused-ring (bicyclic) bond motifs is 3. The number of aromatic nitrogens is 4. The van der Waals surface area contributed by atoms with Crippen molar-refractivity contribution in [2.75, 3.05) is 0 Å². The van der Waals surface area contributed by atoms with Crippen molar-refractivity contribution in [1.82, 2.24) is 19.9 Å². The van der Waals surface area contributed by atoms with Gasteiger partial charge in [-0.25, -0.2) is 9.97 Å². The van der Waals surface area contributed by atoms with Crippen LogP contribution in [0.2, 0.25) is 0 Å². The maximum absolute atomic E-state index is 4.52. The summed E-state index contributed by atoms with van der Waals surface area (Å²) in [6.45, 7) is 10.3. The van der Waals surface area contributed by atoms with Gasteiger partial charge in [0, 0.05) is 5.92 Å². The fraction of sp³-hybridized carbons (Fsp3) is 0.308. The van der Waals surface area contributed by atoms with Gasteiger partial charge in [0.25, 0.3) is 0 Å². The maximum Gasteiger partial charge on any atom is 0.109 e. The van der Waals surface area contributed by atoms with Crippen LogP contribution in [0.15, 0.2) is 48.8 Å². The molecule has 0 saturated heterocycles. The lowest BCUT2D eigenvalue weighted by Gasteiger charge is -2.21. The average Bonchev–Trinajstić information content (AvgIpc) is 3.44. The molecule has 4 nitrogen and oxygen atoms in total. The maximum atomic E-state index is 4.52. The van der Waals surface area contributed by atoms with Crippen LogP contribution in [0.5, 0.6) is 0 Å². The zero-order chi connectivity index (χ0) is 21.3. The van der Waals surface area contributed by atoms with Gasteiger partial charge in [-0.05, 0) is 65.3 Å². The predicted octanol–water partition coefficient (Wildman–Crippen LogP) is 6.69. The van der Waals surface area contributed by atoms with Gasteiger partial charge in [-0.1, -0.05) is 52.0 Å². The van der Waals surface area contributed by atoms with Gasteiger partial charge in [0.15, 0.2) is 0 Å². The van der Waals surface area contributed by atoms with E-state index in [0.29, 0.717) is 5.92 Å². The van der Waals surface area contributed by atoms with Crippen molar-refractivity contribution in [2.45, 2.75) is 53.4 Å². The van der Waals surface area contributed by atoms with Crippen molar-refractivity contribution in [3.63, 3.8) is 0 Å². The molecule has 2 aromatic heterocycles. The number of aryl methyl sites for hydroxylation is 3. The summed E-state index contributed by atoms with van der Waals surface area (Å²) >= 11 is 0. The second-order valence-corrected chi connectivity index (χ2v) is 7.96. The number of benzene rings is 2. The predicted molar refractivity (Wildman–Crippen MR) is 125 cm³/mol. The lowest BCUT2D eigenvalue weighted by atomic mass is 9.83. The number of hydrogen-bond acceptors (Lipinski definition) is 2. The molecule has 1 aliphatic carbocycles. The fourth-order valence-corrected chi connectivity index (χ4v) is 4.08. The molecular weight excluding hydrogens is 368 g/mol. The third-order valence-corrected chi connectivity index (χ3v) is 5.63. The summed E-state index contributed by atoms with van der Waals surface area (Å²) in [5.41, 5.74) is 10.1. The zero-order valence-electron chi connectivity index (χ0n) is 18.5. The highest BCUT2D eigenvalue weighted by molar-refractivity contribution is 5.79. The summed E-state index contributed by atoms with van der Waals surface area (Å²) in [6.07, 6.45) is 5.99. The van der Waals surface area contributed by atoms with Crippen LogP contribution in [0.4, 0.5) is 0 Å². The third kappa shape index (κ3) is 3.70. The molecule has 0 bridgehead atoms. The highest BCUT2D eigenvalue weighted by atomic mass is 14.9. The Morgan fingerprint density at radius 3 is 1.77 bits per heavy atom. The second kappa shape index (κ2) is 8.31. The van der Waals surface area contributed by atoms with Gasteiger partial charge in [-0.15, -0.1) is 0 Å². The SMILES string of the molecule is CC.Cc1ncc(-c2ccc3c(c2)CCc2cc(-c4cnc(C(C)C)[nH]4)ccc2-3)[nH]1. The average molecular weight is 399 g/mol. The third-order valence-electron chi connectivity index (χ3n) is 5.63. The molecule has 5 rings (SSSR count). The van der Waals surface area contributed by atoms with Crippen LogP contribution in [0.25, 0.3) is 33.6 Å². The minimum Gasteiger partial charge on any atom is -0.342 e. The van der Waals surface area contributed by atoms with Crippen molar-refractivity contribution in [1.29, 1.82) is 0 Å². The first kappa shape index (κ1) is 20.1. The molecule has 2 heterocycles. The Morgan fingerprint density at radius 2 is 1.30 bits per heavy atom. The summed E-state index contributed by atoms with van der Waals surface area (Å²) in [5.74, 6) is 2.40. The van der Waals surface area contributed by atoms with Gasteiger partial charge in [0.2, 0.25) is 0 Å². The van der Waals surface area contributed by atoms with E-state index in [1.165, 1.54) is 33.4 Å². The van der Waals surface area contributed by atoms with Crippen molar-refractivity contribution < 1.29 is 0 Å². The Morgan fingerprint density at radius 1 is 0.767 bits per heavy atom. The number of rotatable bonds is 3. The molecule has 0 saturated carbocycles. The van der Waals surface area contributed by atoms with Gasteiger partial charge in [-0.3, -0.25) is 0 Å². The zero-order valence-corrected chi connectivity index (χ0v) is 18.5. The number of hydrogen-bond donors (Lipinski definition) is 2. The van der Waals surface area contributed by atoms with Crippen LogP contribution in [-0.4, -0.2) is 19.9 Å². The molecule has 4 aromatic rings. The smallest absolute Gasteiger partial charge is 0.109 e. The van der Waals surface area contributed by atoms with E-state index in [0.717, 1.165) is 35.9 Å². The summed E-state index contributed by atoms with van der Waals surface area (Å²) < 4.78 is 0. The van der Waals surface area contributed by atoms with E-state index in [9.17, 15) is 0 Å². The standard InChI is InChI=1S/C24H24N4.C2H6/c1-14(2)24-26-13-23(28-24)19-7-9-21-17(11-19)5-4-16-10-18(6-8-20(16)21)22-12-25-15(3)27-22;1-2/h6-14H,4-5H2,1-3H3,(H,25,27)(H,26,28);1-2H3. The molecule has 2 aromatic carbocycles. The molecule has 1 aliphatic rings. The lowest BCUT2D eigenvalue weighted by Crippen LogP contribution is -2.04. The van der Waals surface area contributed by atoms with Crippen LogP contribution >= 0.6 is 0 Å². The first-order chi connectivity index (χ1) is 14.6. The molecule has 2 N–H and O–H groups in total. The van der Waals surface area contributed by atoms with Crippen LogP contribution in [0.3, 0.4) is 0 Å². The van der Waals surface area contributed by atoms with E-state index < -0.39 is 0 Å². The highest BCUT2D eigenvalue weighted by Crippen LogP contribution is 2.37. The quantitative estimate of drug-likeness (QED) is 0.404. The van der Waals surface area contributed by atoms with E-state index >= 15 is 0 Å². The van der Waals surface area contributed by atoms with Crippen molar-refractivity contribution in [3.05, 3.63) is 71.6 Å². The summed E-state index contributed by atoms with van der Waals surface area (Å²) in [4.78, 5) is 15.6. The van der Waals surface area contributed by atoms with E-state index in [-0.39, 0.29) is 0 Å². The molecule has 4 heteroatoms. The Labute approximate surface area is 178 Å². The minimum atomic E-state index is 0.408. The molecule has 0 aliphatic heterocycles.